The Morgan fingerprint density at radius 1 is 1.29 bits per heavy atom. The minimum absolute atomic E-state index is 0.112. The van der Waals surface area contributed by atoms with E-state index in [-0.39, 0.29) is 5.11 Å². The third-order valence-corrected chi connectivity index (χ3v) is 2.97. The minimum Gasteiger partial charge on any atom is -0.375 e. The first-order valence-corrected chi connectivity index (χ1v) is 6.55. The highest BCUT2D eigenvalue weighted by molar-refractivity contribution is 14.1. The van der Waals surface area contributed by atoms with Crippen LogP contribution < -0.4 is 16.5 Å². The van der Waals surface area contributed by atoms with Crippen LogP contribution in [0.5, 0.6) is 0 Å². The van der Waals surface area contributed by atoms with E-state index >= 15 is 0 Å². The van der Waals surface area contributed by atoms with Crippen molar-refractivity contribution < 1.29 is 0 Å². The van der Waals surface area contributed by atoms with E-state index in [9.17, 15) is 0 Å². The van der Waals surface area contributed by atoms with Gasteiger partial charge in [0.1, 0.15) is 4.99 Å². The number of anilines is 1. The molecule has 0 fully saturated rings. The van der Waals surface area contributed by atoms with Gasteiger partial charge in [0.2, 0.25) is 0 Å². The Bertz CT molecular complexity index is 456. The molecule has 0 aliphatic rings. The van der Waals surface area contributed by atoms with Crippen LogP contribution in [0.4, 0.5) is 5.69 Å². The lowest BCUT2D eigenvalue weighted by atomic mass is 10.3. The van der Waals surface area contributed by atoms with Crippen molar-refractivity contribution >= 4 is 68.5 Å². The van der Waals surface area contributed by atoms with Crippen LogP contribution in [0.25, 0.3) is 0 Å². The quantitative estimate of drug-likeness (QED) is 0.326. The molecule has 1 aromatic carbocycles. The van der Waals surface area contributed by atoms with Gasteiger partial charge in [-0.05, 0) is 66.0 Å². The second-order valence-electron chi connectivity index (χ2n) is 3.13. The van der Waals surface area contributed by atoms with Gasteiger partial charge in [-0.15, -0.1) is 0 Å². The average molecular weight is 378 g/mol. The fraction of sp³-hybridized carbons (Fsp3) is 0.100. The molecule has 0 amide bonds. The van der Waals surface area contributed by atoms with Crippen molar-refractivity contribution in [3.63, 3.8) is 0 Å². The Morgan fingerprint density at radius 3 is 2.41 bits per heavy atom. The van der Waals surface area contributed by atoms with Crippen LogP contribution in [0.1, 0.15) is 6.92 Å². The van der Waals surface area contributed by atoms with E-state index in [2.05, 4.69) is 50.7 Å². The van der Waals surface area contributed by atoms with Crippen molar-refractivity contribution in [2.24, 2.45) is 10.8 Å². The van der Waals surface area contributed by atoms with Gasteiger partial charge in [0.25, 0.3) is 0 Å². The summed E-state index contributed by atoms with van der Waals surface area (Å²) in [6.45, 7) is 1.77. The molecule has 0 aliphatic heterocycles. The summed E-state index contributed by atoms with van der Waals surface area (Å²) in [5.74, 6) is 0. The minimum atomic E-state index is 0.112. The largest absolute Gasteiger partial charge is 0.375 e. The number of nitrogens with one attached hydrogen (secondary N) is 2. The van der Waals surface area contributed by atoms with E-state index in [1.54, 1.807) is 6.92 Å². The van der Waals surface area contributed by atoms with Crippen LogP contribution in [0, 0.1) is 3.57 Å². The smallest absolute Gasteiger partial charge is 0.184 e. The summed E-state index contributed by atoms with van der Waals surface area (Å²) in [5.41, 5.74) is 9.28. The van der Waals surface area contributed by atoms with Gasteiger partial charge in [0.05, 0.1) is 5.71 Å². The number of hydrogen-bond acceptors (Lipinski definition) is 3. The summed E-state index contributed by atoms with van der Waals surface area (Å²) in [5, 5.41) is 7.11. The second kappa shape index (κ2) is 6.82. The van der Waals surface area contributed by atoms with Gasteiger partial charge < -0.3 is 11.1 Å². The summed E-state index contributed by atoms with van der Waals surface area (Å²) >= 11 is 12.1. The van der Waals surface area contributed by atoms with Crippen LogP contribution in [-0.2, 0) is 0 Å². The maximum absolute atomic E-state index is 5.26. The Labute approximate surface area is 124 Å². The van der Waals surface area contributed by atoms with Gasteiger partial charge >= 0.3 is 0 Å². The topological polar surface area (TPSA) is 62.4 Å². The van der Waals surface area contributed by atoms with Crippen molar-refractivity contribution in [1.82, 2.24) is 5.43 Å². The predicted molar refractivity (Wildman–Crippen MR) is 88.4 cm³/mol. The molecule has 0 bridgehead atoms. The first kappa shape index (κ1) is 14.3. The van der Waals surface area contributed by atoms with Gasteiger partial charge in [0, 0.05) is 9.26 Å². The molecule has 17 heavy (non-hydrogen) atoms. The first-order chi connectivity index (χ1) is 7.99. The molecule has 0 heterocycles. The number of benzene rings is 1. The second-order valence-corrected chi connectivity index (χ2v) is 5.23. The lowest BCUT2D eigenvalue weighted by Gasteiger charge is -2.07. The van der Waals surface area contributed by atoms with Crippen molar-refractivity contribution in [3.8, 4) is 0 Å². The highest BCUT2D eigenvalue weighted by Gasteiger charge is 2.02. The fourth-order valence-electron chi connectivity index (χ4n) is 0.944. The molecule has 4 nitrogen and oxygen atoms in total. The molecule has 1 rings (SSSR count). The SMILES string of the molecule is CC(=NNC(N)=S)C(=S)Nc1ccc(I)cc1. The Balaban J connectivity index is 2.63. The molecule has 1 aromatic rings. The predicted octanol–water partition coefficient (Wildman–Crippen LogP) is 2.24. The lowest BCUT2D eigenvalue weighted by molar-refractivity contribution is 1.03. The Morgan fingerprint density at radius 2 is 1.88 bits per heavy atom. The Kier molecular flexibility index (Phi) is 5.72. The van der Waals surface area contributed by atoms with Crippen molar-refractivity contribution in [1.29, 1.82) is 0 Å². The molecule has 0 aliphatic carbocycles. The van der Waals surface area contributed by atoms with Crippen LogP contribution in [0.2, 0.25) is 0 Å². The third kappa shape index (κ3) is 5.37. The van der Waals surface area contributed by atoms with Gasteiger partial charge in [-0.1, -0.05) is 12.2 Å². The number of halogens is 1. The van der Waals surface area contributed by atoms with Gasteiger partial charge in [-0.2, -0.15) is 5.10 Å². The summed E-state index contributed by atoms with van der Waals surface area (Å²) in [4.78, 5) is 0.523. The number of thiocarbonyl (C=S) groups is 2. The molecule has 0 spiro atoms. The maximum Gasteiger partial charge on any atom is 0.184 e. The molecular formula is C10H11IN4S2. The van der Waals surface area contributed by atoms with Gasteiger partial charge in [-0.3, -0.25) is 5.43 Å². The molecule has 0 saturated carbocycles. The molecule has 0 unspecified atom stereocenters. The highest BCUT2D eigenvalue weighted by atomic mass is 127. The first-order valence-electron chi connectivity index (χ1n) is 4.65. The van der Waals surface area contributed by atoms with Crippen LogP contribution in [-0.4, -0.2) is 15.8 Å². The number of hydrazone groups is 1. The zero-order valence-electron chi connectivity index (χ0n) is 9.03. The van der Waals surface area contributed by atoms with Gasteiger partial charge in [-0.25, -0.2) is 0 Å². The van der Waals surface area contributed by atoms with Crippen molar-refractivity contribution in [2.75, 3.05) is 5.32 Å². The summed E-state index contributed by atoms with van der Waals surface area (Å²) < 4.78 is 1.17. The fourth-order valence-corrected chi connectivity index (χ4v) is 1.51. The zero-order chi connectivity index (χ0) is 12.8. The van der Waals surface area contributed by atoms with E-state index in [1.165, 1.54) is 3.57 Å². The van der Waals surface area contributed by atoms with Crippen LogP contribution >= 0.6 is 47.0 Å². The molecular weight excluding hydrogens is 367 g/mol. The summed E-state index contributed by atoms with van der Waals surface area (Å²) in [6, 6.07) is 7.88. The van der Waals surface area contributed by atoms with E-state index < -0.39 is 0 Å². The molecule has 0 aromatic heterocycles. The lowest BCUT2D eigenvalue weighted by Crippen LogP contribution is -2.28. The number of rotatable bonds is 3. The Hall–Kier alpha value is -0.800. The molecule has 0 atom stereocenters. The number of nitrogens with zero attached hydrogens (tertiary/aromatic N) is 1. The van der Waals surface area contributed by atoms with Crippen molar-refractivity contribution in [3.05, 3.63) is 27.8 Å². The third-order valence-electron chi connectivity index (χ3n) is 1.76. The summed E-state index contributed by atoms with van der Waals surface area (Å²) in [7, 11) is 0. The number of hydrogen-bond donors (Lipinski definition) is 3. The van der Waals surface area contributed by atoms with E-state index in [0.717, 1.165) is 5.69 Å². The van der Waals surface area contributed by atoms with E-state index in [0.29, 0.717) is 10.7 Å². The maximum atomic E-state index is 5.26. The number of nitrogens with two attached hydrogens (primary N) is 1. The monoisotopic (exact) mass is 378 g/mol. The zero-order valence-corrected chi connectivity index (χ0v) is 12.8. The molecule has 0 saturated heterocycles. The van der Waals surface area contributed by atoms with Crippen LogP contribution in [0.15, 0.2) is 29.4 Å². The normalized spacial score (nSPS) is 10.8. The molecule has 0 radical (unpaired) electrons. The molecule has 90 valence electrons. The standard InChI is InChI=1S/C10H11IN4S2/c1-6(14-15-10(12)17)9(16)13-8-4-2-7(11)3-5-8/h2-5H,1H3,(H,13,16)(H3,12,15,17). The average Bonchev–Trinajstić information content (AvgIpc) is 2.28. The summed E-state index contributed by atoms with van der Waals surface area (Å²) in [6.07, 6.45) is 0. The van der Waals surface area contributed by atoms with Crippen molar-refractivity contribution in [2.45, 2.75) is 6.92 Å². The van der Waals surface area contributed by atoms with E-state index in [1.807, 2.05) is 24.3 Å². The molecule has 4 N–H and O–H groups in total. The van der Waals surface area contributed by atoms with Gasteiger partial charge in [0.15, 0.2) is 5.11 Å². The van der Waals surface area contributed by atoms with Crippen LogP contribution in [0.3, 0.4) is 0 Å². The molecule has 7 heteroatoms. The highest BCUT2D eigenvalue weighted by Crippen LogP contribution is 2.11. The van der Waals surface area contributed by atoms with E-state index in [4.69, 9.17) is 18.0 Å².